The van der Waals surface area contributed by atoms with Crippen LogP contribution in [0, 0.1) is 12.3 Å². The predicted molar refractivity (Wildman–Crippen MR) is 45.5 cm³/mol. The molecular formula is C9H15N. The Morgan fingerprint density at radius 3 is 2.70 bits per heavy atom. The minimum Gasteiger partial charge on any atom is -0.330 e. The first-order valence-electron chi connectivity index (χ1n) is 3.73. The average molecular weight is 137 g/mol. The summed E-state index contributed by atoms with van der Waals surface area (Å²) >= 11 is 0. The van der Waals surface area contributed by atoms with Crippen molar-refractivity contribution in [3.05, 3.63) is 12.2 Å². The van der Waals surface area contributed by atoms with Crippen molar-refractivity contribution in [1.82, 2.24) is 0 Å². The topological polar surface area (TPSA) is 26.0 Å². The highest BCUT2D eigenvalue weighted by Crippen LogP contribution is 1.98. The van der Waals surface area contributed by atoms with Gasteiger partial charge in [-0.25, -0.2) is 0 Å². The molecule has 0 amide bonds. The van der Waals surface area contributed by atoms with Crippen molar-refractivity contribution in [3.63, 3.8) is 0 Å². The third kappa shape index (κ3) is 7.26. The van der Waals surface area contributed by atoms with E-state index in [1.807, 2.05) is 6.08 Å². The van der Waals surface area contributed by atoms with Crippen LogP contribution < -0.4 is 5.73 Å². The van der Waals surface area contributed by atoms with E-state index in [9.17, 15) is 0 Å². The van der Waals surface area contributed by atoms with Crippen molar-refractivity contribution in [2.24, 2.45) is 5.73 Å². The standard InChI is InChI=1S/C9H15N/c1-2-3-4-5-6-7-8-9-10/h1,3-4H,5-10H2/b4-3-. The number of hydrogen-bond donors (Lipinski definition) is 1. The Hall–Kier alpha value is -0.740. The van der Waals surface area contributed by atoms with Crippen LogP contribution in [0.5, 0.6) is 0 Å². The van der Waals surface area contributed by atoms with Gasteiger partial charge in [-0.05, 0) is 31.9 Å². The molecule has 0 spiro atoms. The molecule has 0 heterocycles. The molecule has 0 saturated carbocycles. The fourth-order valence-electron chi connectivity index (χ4n) is 0.735. The lowest BCUT2D eigenvalue weighted by atomic mass is 10.2. The van der Waals surface area contributed by atoms with Crippen LogP contribution in [-0.2, 0) is 0 Å². The van der Waals surface area contributed by atoms with Gasteiger partial charge in [-0.1, -0.05) is 18.4 Å². The molecular weight excluding hydrogens is 122 g/mol. The summed E-state index contributed by atoms with van der Waals surface area (Å²) in [6, 6.07) is 0. The van der Waals surface area contributed by atoms with Crippen molar-refractivity contribution in [2.75, 3.05) is 6.54 Å². The summed E-state index contributed by atoms with van der Waals surface area (Å²) in [6.07, 6.45) is 13.4. The van der Waals surface area contributed by atoms with Crippen molar-refractivity contribution < 1.29 is 0 Å². The monoisotopic (exact) mass is 137 g/mol. The molecule has 0 aromatic carbocycles. The highest BCUT2D eigenvalue weighted by atomic mass is 14.5. The Bertz CT molecular complexity index is 119. The van der Waals surface area contributed by atoms with Crippen molar-refractivity contribution in [3.8, 4) is 12.3 Å². The Morgan fingerprint density at radius 2 is 2.10 bits per heavy atom. The van der Waals surface area contributed by atoms with E-state index in [2.05, 4.69) is 5.92 Å². The summed E-state index contributed by atoms with van der Waals surface area (Å²) in [5, 5.41) is 0. The van der Waals surface area contributed by atoms with Gasteiger partial charge in [-0.15, -0.1) is 6.42 Å². The third-order valence-electron chi connectivity index (χ3n) is 1.29. The zero-order valence-corrected chi connectivity index (χ0v) is 6.34. The molecule has 0 fully saturated rings. The van der Waals surface area contributed by atoms with Gasteiger partial charge < -0.3 is 5.73 Å². The summed E-state index contributed by atoms with van der Waals surface area (Å²) in [7, 11) is 0. The van der Waals surface area contributed by atoms with Gasteiger partial charge in [-0.2, -0.15) is 0 Å². The van der Waals surface area contributed by atoms with E-state index in [1.165, 1.54) is 12.8 Å². The van der Waals surface area contributed by atoms with Crippen molar-refractivity contribution >= 4 is 0 Å². The SMILES string of the molecule is C#C/C=C\CCCCCN. The van der Waals surface area contributed by atoms with Crippen molar-refractivity contribution in [2.45, 2.75) is 25.7 Å². The molecule has 0 rings (SSSR count). The number of unbranched alkanes of at least 4 members (excludes halogenated alkanes) is 3. The van der Waals surface area contributed by atoms with E-state index in [0.717, 1.165) is 19.4 Å². The van der Waals surface area contributed by atoms with Gasteiger partial charge in [0.05, 0.1) is 0 Å². The molecule has 0 saturated heterocycles. The number of nitrogens with two attached hydrogens (primary N) is 1. The highest BCUT2D eigenvalue weighted by Gasteiger charge is 1.82. The largest absolute Gasteiger partial charge is 0.330 e. The molecule has 0 aromatic rings. The summed E-state index contributed by atoms with van der Waals surface area (Å²) in [6.45, 7) is 0.804. The molecule has 2 N–H and O–H groups in total. The molecule has 1 heteroatoms. The van der Waals surface area contributed by atoms with Crippen molar-refractivity contribution in [1.29, 1.82) is 0 Å². The minimum absolute atomic E-state index is 0.804. The minimum atomic E-state index is 0.804. The second-order valence-electron chi connectivity index (χ2n) is 2.21. The first-order valence-corrected chi connectivity index (χ1v) is 3.73. The molecule has 0 bridgehead atoms. The van der Waals surface area contributed by atoms with Crippen LogP contribution >= 0.6 is 0 Å². The lowest BCUT2D eigenvalue weighted by Gasteiger charge is -1.92. The lowest BCUT2D eigenvalue weighted by Crippen LogP contribution is -1.97. The quantitative estimate of drug-likeness (QED) is 0.453. The zero-order chi connectivity index (χ0) is 7.66. The van der Waals surface area contributed by atoms with Gasteiger partial charge in [0, 0.05) is 0 Å². The summed E-state index contributed by atoms with van der Waals surface area (Å²) in [4.78, 5) is 0. The van der Waals surface area contributed by atoms with Crippen LogP contribution in [0.3, 0.4) is 0 Å². The second kappa shape index (κ2) is 8.26. The van der Waals surface area contributed by atoms with E-state index in [1.54, 1.807) is 6.08 Å². The van der Waals surface area contributed by atoms with Crippen LogP contribution in [-0.4, -0.2) is 6.54 Å². The Balaban J connectivity index is 2.92. The van der Waals surface area contributed by atoms with Gasteiger partial charge in [0.25, 0.3) is 0 Å². The van der Waals surface area contributed by atoms with Gasteiger partial charge in [0.15, 0.2) is 0 Å². The van der Waals surface area contributed by atoms with E-state index >= 15 is 0 Å². The molecule has 0 aliphatic carbocycles. The van der Waals surface area contributed by atoms with Gasteiger partial charge in [0.2, 0.25) is 0 Å². The molecule has 0 radical (unpaired) electrons. The summed E-state index contributed by atoms with van der Waals surface area (Å²) in [5.41, 5.74) is 5.32. The normalized spacial score (nSPS) is 10.0. The first kappa shape index (κ1) is 9.26. The smallest absolute Gasteiger partial charge is 0.00773 e. The molecule has 0 atom stereocenters. The molecule has 0 aliphatic rings. The number of allylic oxidation sites excluding steroid dienone is 2. The molecule has 1 nitrogen and oxygen atoms in total. The molecule has 56 valence electrons. The summed E-state index contributed by atoms with van der Waals surface area (Å²) < 4.78 is 0. The third-order valence-corrected chi connectivity index (χ3v) is 1.29. The summed E-state index contributed by atoms with van der Waals surface area (Å²) in [5.74, 6) is 2.45. The average Bonchev–Trinajstić information content (AvgIpc) is 1.97. The maximum Gasteiger partial charge on any atom is -0.00773 e. The maximum absolute atomic E-state index is 5.32. The molecule has 10 heavy (non-hydrogen) atoms. The van der Waals surface area contributed by atoms with E-state index < -0.39 is 0 Å². The zero-order valence-electron chi connectivity index (χ0n) is 6.34. The van der Waals surface area contributed by atoms with Crippen LogP contribution in [0.15, 0.2) is 12.2 Å². The molecule has 0 aliphatic heterocycles. The van der Waals surface area contributed by atoms with Gasteiger partial charge in [0.1, 0.15) is 0 Å². The number of terminal acetylenes is 1. The van der Waals surface area contributed by atoms with E-state index in [4.69, 9.17) is 12.2 Å². The van der Waals surface area contributed by atoms with Crippen LogP contribution in [0.4, 0.5) is 0 Å². The van der Waals surface area contributed by atoms with Gasteiger partial charge >= 0.3 is 0 Å². The predicted octanol–water partition coefficient (Wildman–Crippen LogP) is 1.69. The van der Waals surface area contributed by atoms with Gasteiger partial charge in [-0.3, -0.25) is 0 Å². The second-order valence-corrected chi connectivity index (χ2v) is 2.21. The Labute approximate surface area is 63.3 Å². The lowest BCUT2D eigenvalue weighted by molar-refractivity contribution is 0.695. The van der Waals surface area contributed by atoms with Crippen LogP contribution in [0.2, 0.25) is 0 Å². The number of rotatable bonds is 5. The Kier molecular flexibility index (Phi) is 7.65. The van der Waals surface area contributed by atoms with Crippen LogP contribution in [0.25, 0.3) is 0 Å². The maximum atomic E-state index is 5.32. The fraction of sp³-hybridized carbons (Fsp3) is 0.556. The fourth-order valence-corrected chi connectivity index (χ4v) is 0.735. The first-order chi connectivity index (χ1) is 4.91. The highest BCUT2D eigenvalue weighted by molar-refractivity contribution is 5.08. The Morgan fingerprint density at radius 1 is 1.30 bits per heavy atom. The van der Waals surface area contributed by atoms with Crippen LogP contribution in [0.1, 0.15) is 25.7 Å². The molecule has 0 unspecified atom stereocenters. The number of hydrogen-bond acceptors (Lipinski definition) is 1. The molecule has 0 aromatic heterocycles. The van der Waals surface area contributed by atoms with E-state index in [-0.39, 0.29) is 0 Å². The van der Waals surface area contributed by atoms with E-state index in [0.29, 0.717) is 0 Å².